The van der Waals surface area contributed by atoms with E-state index in [1.54, 1.807) is 0 Å². The predicted molar refractivity (Wildman–Crippen MR) is 192 cm³/mol. The Kier molecular flexibility index (Phi) is 21.0. The summed E-state index contributed by atoms with van der Waals surface area (Å²) in [5.41, 5.74) is 5.50. The molecule has 0 aliphatic carbocycles. The summed E-state index contributed by atoms with van der Waals surface area (Å²) in [5.74, 6) is 0.605. The highest BCUT2D eigenvalue weighted by Gasteiger charge is 2.42. The number of carbonyl (C=O) groups is 5. The summed E-state index contributed by atoms with van der Waals surface area (Å²) in [6.45, 7) is 1.80. The molecule has 0 bridgehead atoms. The molecule has 0 spiro atoms. The standard InChI is InChI=1S/C31H57N7O7S3/c1-48(44,45)47-21-20-35-30(42)23(36-28(41)16-4-2-9-17-32)12-8-11-19-34-26(39)14-5-3-10-18-33-27(40)15-7-6-13-25-29-24(22-46-25)37-31(43)38-29/h23-25,29H,2-22,32H2,1H3,(H,33,40)(H,34,39)(H,35,42)(H,36,41)(H2,37,38,43)/t23-,24+,25-,29+/m0/s1. The molecule has 2 rings (SSSR count). The number of carbonyl (C=O) groups excluding carboxylic acids is 5. The Labute approximate surface area is 293 Å². The van der Waals surface area contributed by atoms with Crippen LogP contribution in [0.15, 0.2) is 0 Å². The molecule has 48 heavy (non-hydrogen) atoms. The van der Waals surface area contributed by atoms with Gasteiger partial charge in [-0.1, -0.05) is 19.3 Å². The number of nitrogens with one attached hydrogen (secondary N) is 6. The minimum atomic E-state index is -3.20. The highest BCUT2D eigenvalue weighted by Crippen LogP contribution is 2.33. The lowest BCUT2D eigenvalue weighted by molar-refractivity contribution is -0.129. The van der Waals surface area contributed by atoms with Crippen molar-refractivity contribution in [1.29, 1.82) is 0 Å². The van der Waals surface area contributed by atoms with Crippen LogP contribution in [0.4, 0.5) is 4.79 Å². The van der Waals surface area contributed by atoms with Gasteiger partial charge in [0.05, 0.1) is 12.1 Å². The normalized spacial score (nSPS) is 19.1. The zero-order valence-corrected chi connectivity index (χ0v) is 30.8. The van der Waals surface area contributed by atoms with Gasteiger partial charge in [0.1, 0.15) is 6.04 Å². The highest BCUT2D eigenvalue weighted by atomic mass is 33.1. The third-order valence-corrected chi connectivity index (χ3v) is 12.3. The van der Waals surface area contributed by atoms with Crippen molar-refractivity contribution in [2.24, 2.45) is 5.73 Å². The van der Waals surface area contributed by atoms with E-state index in [0.29, 0.717) is 69.8 Å². The van der Waals surface area contributed by atoms with Gasteiger partial charge >= 0.3 is 6.03 Å². The SMILES string of the molecule is CS(=O)(=O)SCCNC(=O)[C@H](CCCCNC(=O)CCCCCNC(=O)CCCC[C@@H]1SC[C@H]2NC(=O)N[C@@H]12)NC(=O)CCCCCN. The average molecular weight is 736 g/mol. The van der Waals surface area contributed by atoms with Crippen molar-refractivity contribution in [1.82, 2.24) is 31.9 Å². The van der Waals surface area contributed by atoms with Gasteiger partial charge < -0.3 is 37.6 Å². The molecular formula is C31H57N7O7S3. The van der Waals surface area contributed by atoms with Crippen LogP contribution in [0.25, 0.3) is 0 Å². The Morgan fingerprint density at radius 3 is 2.12 bits per heavy atom. The van der Waals surface area contributed by atoms with Crippen LogP contribution in [0.2, 0.25) is 0 Å². The van der Waals surface area contributed by atoms with Gasteiger partial charge in [-0.2, -0.15) is 11.8 Å². The van der Waals surface area contributed by atoms with Crippen LogP contribution in [0.3, 0.4) is 0 Å². The van der Waals surface area contributed by atoms with Crippen molar-refractivity contribution in [2.75, 3.05) is 43.9 Å². The quantitative estimate of drug-likeness (QED) is 0.0366. The average Bonchev–Trinajstić information content (AvgIpc) is 3.59. The summed E-state index contributed by atoms with van der Waals surface area (Å²) < 4.78 is 22.6. The minimum absolute atomic E-state index is 0.0396. The summed E-state index contributed by atoms with van der Waals surface area (Å²) >= 11 is 1.89. The third-order valence-electron chi connectivity index (χ3n) is 8.18. The highest BCUT2D eigenvalue weighted by molar-refractivity contribution is 8.71. The number of urea groups is 1. The Bertz CT molecular complexity index is 1130. The van der Waals surface area contributed by atoms with Gasteiger partial charge in [-0.05, 0) is 75.1 Å². The Morgan fingerprint density at radius 1 is 0.833 bits per heavy atom. The lowest BCUT2D eigenvalue weighted by Gasteiger charge is -2.18. The second-order valence-corrected chi connectivity index (χ2v) is 18.3. The summed E-state index contributed by atoms with van der Waals surface area (Å²) in [6.07, 6.45) is 11.5. The molecular weight excluding hydrogens is 679 g/mol. The van der Waals surface area contributed by atoms with E-state index in [9.17, 15) is 32.4 Å². The lowest BCUT2D eigenvalue weighted by atomic mass is 10.0. The summed E-state index contributed by atoms with van der Waals surface area (Å²) in [6, 6.07) is -0.382. The molecule has 8 N–H and O–H groups in total. The molecule has 2 fully saturated rings. The molecule has 0 aromatic carbocycles. The van der Waals surface area contributed by atoms with E-state index < -0.39 is 14.9 Å². The fourth-order valence-corrected chi connectivity index (χ4v) is 8.79. The van der Waals surface area contributed by atoms with Crippen molar-refractivity contribution < 1.29 is 32.4 Å². The van der Waals surface area contributed by atoms with Gasteiger partial charge in [0.25, 0.3) is 0 Å². The maximum absolute atomic E-state index is 12.7. The fourth-order valence-electron chi connectivity index (χ4n) is 5.60. The smallest absolute Gasteiger partial charge is 0.315 e. The third kappa shape index (κ3) is 19.1. The second-order valence-electron chi connectivity index (χ2n) is 12.4. The largest absolute Gasteiger partial charge is 0.356 e. The van der Waals surface area contributed by atoms with E-state index >= 15 is 0 Å². The van der Waals surface area contributed by atoms with Crippen molar-refractivity contribution in [2.45, 2.75) is 120 Å². The molecule has 0 aromatic heterocycles. The topological polar surface area (TPSA) is 218 Å². The maximum atomic E-state index is 12.7. The van der Waals surface area contributed by atoms with Crippen molar-refractivity contribution in [3.63, 3.8) is 0 Å². The summed E-state index contributed by atoms with van der Waals surface area (Å²) in [5, 5.41) is 17.7. The van der Waals surface area contributed by atoms with Crippen LogP contribution in [0.1, 0.15) is 96.3 Å². The van der Waals surface area contributed by atoms with Gasteiger partial charge in [-0.15, -0.1) is 0 Å². The first-order valence-corrected chi connectivity index (χ1v) is 21.8. The molecule has 2 heterocycles. The number of amides is 6. The molecule has 0 aromatic rings. The van der Waals surface area contributed by atoms with Gasteiger partial charge in [0.15, 0.2) is 8.87 Å². The van der Waals surface area contributed by atoms with Crippen LogP contribution >= 0.6 is 22.6 Å². The van der Waals surface area contributed by atoms with Gasteiger partial charge in [0.2, 0.25) is 23.6 Å². The van der Waals surface area contributed by atoms with Crippen LogP contribution in [-0.4, -0.2) is 105 Å². The predicted octanol–water partition coefficient (Wildman–Crippen LogP) is 1.49. The Morgan fingerprint density at radius 2 is 1.46 bits per heavy atom. The van der Waals surface area contributed by atoms with Crippen molar-refractivity contribution >= 4 is 61.1 Å². The summed E-state index contributed by atoms with van der Waals surface area (Å²) in [7, 11) is -2.44. The van der Waals surface area contributed by atoms with Crippen LogP contribution in [-0.2, 0) is 28.0 Å². The molecule has 0 unspecified atom stereocenters. The molecule has 2 aliphatic rings. The van der Waals surface area contributed by atoms with E-state index in [2.05, 4.69) is 31.9 Å². The number of rotatable bonds is 27. The molecule has 17 heteroatoms. The molecule has 0 saturated carbocycles. The monoisotopic (exact) mass is 735 g/mol. The van der Waals surface area contributed by atoms with E-state index in [0.717, 1.165) is 74.2 Å². The first-order chi connectivity index (χ1) is 23.0. The van der Waals surface area contributed by atoms with Crippen molar-refractivity contribution in [3.05, 3.63) is 0 Å². The first kappa shape index (κ1) is 41.9. The van der Waals surface area contributed by atoms with E-state index in [-0.39, 0.29) is 54.0 Å². The lowest BCUT2D eigenvalue weighted by Crippen LogP contribution is -2.47. The van der Waals surface area contributed by atoms with Gasteiger partial charge in [-0.3, -0.25) is 19.2 Å². The zero-order chi connectivity index (χ0) is 35.2. The summed E-state index contributed by atoms with van der Waals surface area (Å²) in [4.78, 5) is 61.0. The number of thioether (sulfide) groups is 1. The van der Waals surface area contributed by atoms with Gasteiger partial charge in [-0.25, -0.2) is 13.2 Å². The Hall–Kier alpha value is -2.24. The van der Waals surface area contributed by atoms with E-state index in [1.165, 1.54) is 0 Å². The molecule has 6 amide bonds. The number of nitrogens with two attached hydrogens (primary N) is 1. The molecule has 4 atom stereocenters. The fraction of sp³-hybridized carbons (Fsp3) is 0.839. The zero-order valence-electron chi connectivity index (χ0n) is 28.3. The van der Waals surface area contributed by atoms with Crippen LogP contribution in [0.5, 0.6) is 0 Å². The van der Waals surface area contributed by atoms with E-state index in [4.69, 9.17) is 5.73 Å². The number of unbranched alkanes of at least 4 members (excludes halogenated alkanes) is 6. The molecule has 2 saturated heterocycles. The number of hydrogen-bond acceptors (Lipinski definition) is 10. The number of hydrogen-bond donors (Lipinski definition) is 7. The van der Waals surface area contributed by atoms with Gasteiger partial charge in [0, 0.05) is 61.9 Å². The first-order valence-electron chi connectivity index (χ1n) is 17.3. The maximum Gasteiger partial charge on any atom is 0.315 e. The molecule has 2 aliphatic heterocycles. The van der Waals surface area contributed by atoms with Crippen LogP contribution in [0, 0.1) is 0 Å². The van der Waals surface area contributed by atoms with Crippen LogP contribution < -0.4 is 37.6 Å². The Balaban J connectivity index is 1.50. The molecule has 276 valence electrons. The van der Waals surface area contributed by atoms with E-state index in [1.807, 2.05) is 11.8 Å². The molecule has 0 radical (unpaired) electrons. The molecule has 14 nitrogen and oxygen atoms in total. The minimum Gasteiger partial charge on any atom is -0.356 e. The number of fused-ring (bicyclic) bond motifs is 1. The van der Waals surface area contributed by atoms with Crippen molar-refractivity contribution in [3.8, 4) is 0 Å². The second kappa shape index (κ2) is 24.0.